The van der Waals surface area contributed by atoms with Gasteiger partial charge in [-0.3, -0.25) is 14.5 Å². The molecule has 4 rings (SSSR count). The fourth-order valence-corrected chi connectivity index (χ4v) is 4.47. The minimum absolute atomic E-state index is 0.0752. The van der Waals surface area contributed by atoms with Gasteiger partial charge in [0.25, 0.3) is 15.9 Å². The normalized spacial score (nSPS) is 11.0. The van der Waals surface area contributed by atoms with Crippen LogP contribution < -0.4 is 14.8 Å². The molecule has 172 valence electrons. The molecule has 34 heavy (non-hydrogen) atoms. The number of pyridine rings is 1. The molecule has 0 atom stereocenters. The van der Waals surface area contributed by atoms with E-state index >= 15 is 0 Å². The minimum Gasteiger partial charge on any atom is -0.456 e. The monoisotopic (exact) mass is 477 g/mol. The average Bonchev–Trinajstić information content (AvgIpc) is 2.83. The first-order valence-corrected chi connectivity index (χ1v) is 11.7. The van der Waals surface area contributed by atoms with Crippen molar-refractivity contribution in [3.05, 3.63) is 108 Å². The van der Waals surface area contributed by atoms with Gasteiger partial charge in [0.2, 0.25) is 0 Å². The molecule has 0 spiro atoms. The Hall–Kier alpha value is -4.24. The molecular weight excluding hydrogens is 457 g/mol. The van der Waals surface area contributed by atoms with Crippen LogP contribution in [0.4, 0.5) is 15.8 Å². The lowest BCUT2D eigenvalue weighted by molar-refractivity contribution is 0.102. The van der Waals surface area contributed by atoms with Crippen LogP contribution in [0.1, 0.15) is 15.9 Å². The maximum atomic E-state index is 13.9. The third-order valence-electron chi connectivity index (χ3n) is 4.84. The quantitative estimate of drug-likeness (QED) is 0.373. The predicted molar refractivity (Wildman–Crippen MR) is 127 cm³/mol. The molecule has 1 amide bonds. The van der Waals surface area contributed by atoms with E-state index in [0.29, 0.717) is 22.6 Å². The number of carbonyl (C=O) groups excluding carboxylic acids is 1. The SMILES string of the molecule is Cc1ccc(NC(=O)c2ccc(Oc3cccnc3)cc2)cc1S(=O)(=O)Nc1ccccc1F. The summed E-state index contributed by atoms with van der Waals surface area (Å²) < 4.78 is 47.6. The number of halogens is 1. The topological polar surface area (TPSA) is 97.4 Å². The predicted octanol–water partition coefficient (Wildman–Crippen LogP) is 5.37. The second kappa shape index (κ2) is 9.72. The van der Waals surface area contributed by atoms with Gasteiger partial charge >= 0.3 is 0 Å². The summed E-state index contributed by atoms with van der Waals surface area (Å²) in [6.45, 7) is 1.61. The number of sulfonamides is 1. The highest BCUT2D eigenvalue weighted by Crippen LogP contribution is 2.25. The number of aryl methyl sites for hydroxylation is 1. The van der Waals surface area contributed by atoms with E-state index in [0.717, 1.165) is 6.07 Å². The van der Waals surface area contributed by atoms with Crippen molar-refractivity contribution in [2.24, 2.45) is 0 Å². The van der Waals surface area contributed by atoms with E-state index in [9.17, 15) is 17.6 Å². The van der Waals surface area contributed by atoms with Gasteiger partial charge in [0.1, 0.15) is 17.3 Å². The van der Waals surface area contributed by atoms with Crippen molar-refractivity contribution < 1.29 is 22.3 Å². The molecule has 1 aromatic heterocycles. The van der Waals surface area contributed by atoms with E-state index in [2.05, 4.69) is 15.0 Å². The Labute approximate surface area is 196 Å². The zero-order valence-corrected chi connectivity index (χ0v) is 18.8. The lowest BCUT2D eigenvalue weighted by Crippen LogP contribution is -2.17. The third-order valence-corrected chi connectivity index (χ3v) is 6.35. The van der Waals surface area contributed by atoms with Crippen molar-refractivity contribution in [1.29, 1.82) is 0 Å². The highest BCUT2D eigenvalue weighted by atomic mass is 32.2. The van der Waals surface area contributed by atoms with Gasteiger partial charge in [-0.15, -0.1) is 0 Å². The van der Waals surface area contributed by atoms with E-state index in [1.165, 1.54) is 24.3 Å². The van der Waals surface area contributed by atoms with Crippen molar-refractivity contribution in [3.63, 3.8) is 0 Å². The number of benzene rings is 3. The molecule has 0 fully saturated rings. The van der Waals surface area contributed by atoms with E-state index < -0.39 is 21.7 Å². The molecule has 9 heteroatoms. The Bertz CT molecular complexity index is 1430. The van der Waals surface area contributed by atoms with E-state index in [4.69, 9.17) is 4.74 Å². The zero-order valence-electron chi connectivity index (χ0n) is 18.0. The summed E-state index contributed by atoms with van der Waals surface area (Å²) in [7, 11) is -4.09. The maximum absolute atomic E-state index is 13.9. The van der Waals surface area contributed by atoms with Gasteiger partial charge in [0.05, 0.1) is 16.8 Å². The Morgan fingerprint density at radius 1 is 0.941 bits per heavy atom. The number of amides is 1. The Kier molecular flexibility index (Phi) is 6.55. The van der Waals surface area contributed by atoms with Gasteiger partial charge in [-0.2, -0.15) is 0 Å². The number of ether oxygens (including phenoxy) is 1. The molecule has 0 aliphatic rings. The van der Waals surface area contributed by atoms with Crippen molar-refractivity contribution in [1.82, 2.24) is 4.98 Å². The summed E-state index contributed by atoms with van der Waals surface area (Å²) in [6.07, 6.45) is 3.21. The second-order valence-corrected chi connectivity index (χ2v) is 8.99. The molecule has 2 N–H and O–H groups in total. The molecule has 0 radical (unpaired) electrons. The first kappa shape index (κ1) is 22.9. The maximum Gasteiger partial charge on any atom is 0.262 e. The van der Waals surface area contributed by atoms with Crippen LogP contribution >= 0.6 is 0 Å². The number of para-hydroxylation sites is 1. The first-order chi connectivity index (χ1) is 16.3. The number of anilines is 2. The first-order valence-electron chi connectivity index (χ1n) is 10.2. The molecule has 1 heterocycles. The minimum atomic E-state index is -4.09. The molecule has 4 aromatic rings. The fourth-order valence-electron chi connectivity index (χ4n) is 3.13. The summed E-state index contributed by atoms with van der Waals surface area (Å²) in [4.78, 5) is 16.6. The van der Waals surface area contributed by atoms with Crippen LogP contribution in [-0.4, -0.2) is 19.3 Å². The lowest BCUT2D eigenvalue weighted by Gasteiger charge is -2.13. The molecule has 0 aliphatic carbocycles. The molecule has 0 bridgehead atoms. The van der Waals surface area contributed by atoms with Crippen molar-refractivity contribution in [2.45, 2.75) is 11.8 Å². The lowest BCUT2D eigenvalue weighted by atomic mass is 10.2. The fraction of sp³-hybridized carbons (Fsp3) is 0.0400. The summed E-state index contributed by atoms with van der Waals surface area (Å²) in [5.74, 6) is -0.0177. The summed E-state index contributed by atoms with van der Waals surface area (Å²) in [6, 6.07) is 19.9. The number of rotatable bonds is 7. The van der Waals surface area contributed by atoms with E-state index in [1.807, 2.05) is 0 Å². The summed E-state index contributed by atoms with van der Waals surface area (Å²) in [5, 5.41) is 2.69. The molecule has 0 unspecified atom stereocenters. The molecule has 0 aliphatic heterocycles. The second-order valence-electron chi connectivity index (χ2n) is 7.33. The summed E-state index contributed by atoms with van der Waals surface area (Å²) in [5.41, 5.74) is 0.914. The van der Waals surface area contributed by atoms with Crippen LogP contribution in [0.3, 0.4) is 0 Å². The number of aromatic nitrogens is 1. The number of hydrogen-bond acceptors (Lipinski definition) is 5. The van der Waals surface area contributed by atoms with Crippen LogP contribution in [-0.2, 0) is 10.0 Å². The van der Waals surface area contributed by atoms with E-state index in [-0.39, 0.29) is 16.3 Å². The van der Waals surface area contributed by atoms with Gasteiger partial charge in [0, 0.05) is 17.4 Å². The number of hydrogen-bond donors (Lipinski definition) is 2. The average molecular weight is 478 g/mol. The Morgan fingerprint density at radius 2 is 1.71 bits per heavy atom. The van der Waals surface area contributed by atoms with Gasteiger partial charge in [-0.05, 0) is 73.2 Å². The molecule has 0 saturated carbocycles. The highest BCUT2D eigenvalue weighted by Gasteiger charge is 2.20. The van der Waals surface area contributed by atoms with Crippen LogP contribution in [0.15, 0.2) is 96.2 Å². The van der Waals surface area contributed by atoms with Crippen molar-refractivity contribution in [3.8, 4) is 11.5 Å². The molecule has 3 aromatic carbocycles. The number of carbonyl (C=O) groups is 1. The Balaban J connectivity index is 1.49. The standard InChI is InChI=1S/C25H20FN3O4S/c1-17-8-11-19(15-24(17)34(31,32)29-23-7-3-2-6-22(23)26)28-25(30)18-9-12-20(13-10-18)33-21-5-4-14-27-16-21/h2-16,29H,1H3,(H,28,30). The van der Waals surface area contributed by atoms with Crippen molar-refractivity contribution in [2.75, 3.05) is 10.0 Å². The van der Waals surface area contributed by atoms with Crippen LogP contribution in [0.5, 0.6) is 11.5 Å². The van der Waals surface area contributed by atoms with Crippen LogP contribution in [0.2, 0.25) is 0 Å². The molecular formula is C25H20FN3O4S. The van der Waals surface area contributed by atoms with Crippen LogP contribution in [0, 0.1) is 12.7 Å². The van der Waals surface area contributed by atoms with Gasteiger partial charge in [0.15, 0.2) is 0 Å². The number of nitrogens with one attached hydrogen (secondary N) is 2. The Morgan fingerprint density at radius 3 is 2.41 bits per heavy atom. The van der Waals surface area contributed by atoms with Gasteiger partial charge < -0.3 is 10.1 Å². The zero-order chi connectivity index (χ0) is 24.1. The number of nitrogens with zero attached hydrogens (tertiary/aromatic N) is 1. The van der Waals surface area contributed by atoms with Gasteiger partial charge in [-0.25, -0.2) is 12.8 Å². The smallest absolute Gasteiger partial charge is 0.262 e. The van der Waals surface area contributed by atoms with Crippen molar-refractivity contribution >= 4 is 27.3 Å². The van der Waals surface area contributed by atoms with Gasteiger partial charge in [-0.1, -0.05) is 18.2 Å². The van der Waals surface area contributed by atoms with Crippen LogP contribution in [0.25, 0.3) is 0 Å². The van der Waals surface area contributed by atoms with E-state index in [1.54, 1.807) is 67.8 Å². The third kappa shape index (κ3) is 5.38. The largest absolute Gasteiger partial charge is 0.456 e. The summed E-state index contributed by atoms with van der Waals surface area (Å²) >= 11 is 0. The molecule has 7 nitrogen and oxygen atoms in total. The highest BCUT2D eigenvalue weighted by molar-refractivity contribution is 7.92. The molecule has 0 saturated heterocycles.